The molecule has 6 nitrogen and oxygen atoms in total. The van der Waals surface area contributed by atoms with Gasteiger partial charge in [0.05, 0.1) is 10.7 Å². The Bertz CT molecular complexity index is 1240. The van der Waals surface area contributed by atoms with E-state index in [-0.39, 0.29) is 19.0 Å². The minimum absolute atomic E-state index is 0.207. The quantitative estimate of drug-likeness (QED) is 0.306. The molecule has 0 aliphatic heterocycles. The molecule has 0 amide bonds. The normalized spacial score (nSPS) is 14.7. The molecule has 2 N–H and O–H groups in total. The number of nitrogens with zero attached hydrogens (tertiary/aromatic N) is 1. The van der Waals surface area contributed by atoms with E-state index in [0.29, 0.717) is 46.3 Å². The van der Waals surface area contributed by atoms with Crippen LogP contribution in [0, 0.1) is 5.82 Å². The highest BCUT2D eigenvalue weighted by Crippen LogP contribution is 2.32. The van der Waals surface area contributed by atoms with E-state index in [1.165, 1.54) is 6.07 Å². The van der Waals surface area contributed by atoms with E-state index in [1.807, 2.05) is 31.2 Å². The molecule has 2 aromatic carbocycles. The van der Waals surface area contributed by atoms with Crippen molar-refractivity contribution in [1.82, 2.24) is 4.98 Å². The third kappa shape index (κ3) is 6.55. The van der Waals surface area contributed by atoms with E-state index in [0.717, 1.165) is 23.8 Å². The van der Waals surface area contributed by atoms with Crippen molar-refractivity contribution in [3.63, 3.8) is 0 Å². The average Bonchev–Trinajstić information content (AvgIpc) is 2.88. The highest BCUT2D eigenvalue weighted by atomic mass is 35.5. The largest absolute Gasteiger partial charge is 0.489 e. The number of aliphatic hydroxyl groups excluding tert-OH is 1. The monoisotopic (exact) mass is 513 g/mol. The number of hydrogen-bond acceptors (Lipinski definition) is 6. The average molecular weight is 514 g/mol. The van der Waals surface area contributed by atoms with Gasteiger partial charge >= 0.3 is 0 Å². The summed E-state index contributed by atoms with van der Waals surface area (Å²) in [4.78, 5) is 4.36. The second-order valence-corrected chi connectivity index (χ2v) is 8.95. The number of halogens is 2. The Balaban J connectivity index is 1.37. The summed E-state index contributed by atoms with van der Waals surface area (Å²) in [5.41, 5.74) is 1.82. The van der Waals surface area contributed by atoms with Gasteiger partial charge in [-0.1, -0.05) is 49.2 Å². The maximum absolute atomic E-state index is 14.0. The predicted octanol–water partition coefficient (Wildman–Crippen LogP) is 6.00. The minimum atomic E-state index is -1.60. The number of hydrogen-bond donors (Lipinski definition) is 2. The van der Waals surface area contributed by atoms with Crippen LogP contribution in [-0.4, -0.2) is 34.2 Å². The van der Waals surface area contributed by atoms with Crippen LogP contribution in [0.1, 0.15) is 38.3 Å². The number of benzene rings is 2. The molecule has 0 radical (unpaired) electrons. The second kappa shape index (κ2) is 12.2. The first-order valence-corrected chi connectivity index (χ1v) is 12.3. The first-order chi connectivity index (χ1) is 17.4. The smallest absolute Gasteiger partial charge is 0.189 e. The van der Waals surface area contributed by atoms with Gasteiger partial charge in [-0.25, -0.2) is 9.37 Å². The summed E-state index contributed by atoms with van der Waals surface area (Å²) >= 11 is 6.37. The van der Waals surface area contributed by atoms with E-state index in [1.54, 1.807) is 30.3 Å². The van der Waals surface area contributed by atoms with E-state index in [2.05, 4.69) is 4.98 Å². The maximum Gasteiger partial charge on any atom is 0.189 e. The van der Waals surface area contributed by atoms with Crippen LogP contribution >= 0.6 is 11.6 Å². The van der Waals surface area contributed by atoms with Crippen LogP contribution in [0.25, 0.3) is 10.9 Å². The topological polar surface area (TPSA) is 81.0 Å². The molecule has 1 heterocycles. The lowest BCUT2D eigenvalue weighted by molar-refractivity contribution is -0.131. The van der Waals surface area contributed by atoms with Crippen LogP contribution in [-0.2, 0) is 11.3 Å². The summed E-state index contributed by atoms with van der Waals surface area (Å²) in [6, 6.07) is 15.7. The van der Waals surface area contributed by atoms with Gasteiger partial charge < -0.3 is 24.4 Å². The first kappa shape index (κ1) is 25.9. The summed E-state index contributed by atoms with van der Waals surface area (Å²) in [5, 5.41) is 20.5. The van der Waals surface area contributed by atoms with Gasteiger partial charge in [-0.3, -0.25) is 0 Å². The number of pyridine rings is 1. The highest BCUT2D eigenvalue weighted by molar-refractivity contribution is 6.31. The lowest BCUT2D eigenvalue weighted by Gasteiger charge is -2.26. The zero-order valence-electron chi connectivity index (χ0n) is 20.0. The molecule has 1 aliphatic carbocycles. The van der Waals surface area contributed by atoms with Gasteiger partial charge in [-0.2, -0.15) is 0 Å². The van der Waals surface area contributed by atoms with Gasteiger partial charge in [0.2, 0.25) is 0 Å². The van der Waals surface area contributed by atoms with Crippen molar-refractivity contribution in [3.8, 4) is 11.5 Å². The van der Waals surface area contributed by atoms with Crippen LogP contribution in [0.5, 0.6) is 11.5 Å². The number of ether oxygens (including phenoxy) is 3. The fourth-order valence-electron chi connectivity index (χ4n) is 3.92. The standard InChI is InChI=1S/C28H29ClFNO5/c1-2-5-25(28(32)33)36-27-19(7-3-8-23(27)29)16-34-21-12-14-22(15-13-21)35-17-20-11-10-18-6-4-9-24(30)26(18)31-20/h4,6,8-15,25,28,32-33H,2-3,5,7,16-17H2,1H3. The maximum atomic E-state index is 14.0. The molecule has 0 spiro atoms. The number of para-hydroxylation sites is 1. The van der Waals surface area contributed by atoms with Gasteiger partial charge in [-0.15, -0.1) is 0 Å². The van der Waals surface area contributed by atoms with Crippen LogP contribution in [0.15, 0.2) is 77.0 Å². The number of fused-ring (bicyclic) bond motifs is 1. The molecule has 8 heteroatoms. The van der Waals surface area contributed by atoms with E-state index < -0.39 is 12.4 Å². The molecule has 1 aliphatic rings. The fourth-order valence-corrected chi connectivity index (χ4v) is 4.21. The highest BCUT2D eigenvalue weighted by Gasteiger charge is 2.24. The number of aromatic nitrogens is 1. The third-order valence-corrected chi connectivity index (χ3v) is 6.16. The molecule has 0 saturated carbocycles. The lowest BCUT2D eigenvalue weighted by Crippen LogP contribution is -2.29. The molecule has 1 atom stereocenters. The number of allylic oxidation sites excluding steroid dienone is 2. The Hall–Kier alpha value is -3.13. The molecular formula is C28H29ClFNO5. The summed E-state index contributed by atoms with van der Waals surface area (Å²) < 4.78 is 31.6. The lowest BCUT2D eigenvalue weighted by atomic mass is 10.0. The zero-order valence-corrected chi connectivity index (χ0v) is 20.7. The van der Waals surface area contributed by atoms with Crippen LogP contribution in [0.2, 0.25) is 0 Å². The number of rotatable bonds is 11. The SMILES string of the molecule is CCCC(OC1=C(COc2ccc(OCc3ccc4cccc(F)c4n3)cc2)CCC=C1Cl)C(O)O. The molecule has 1 unspecified atom stereocenters. The van der Waals surface area contributed by atoms with Crippen molar-refractivity contribution in [2.24, 2.45) is 0 Å². The zero-order chi connectivity index (χ0) is 25.5. The predicted molar refractivity (Wildman–Crippen MR) is 136 cm³/mol. The Morgan fingerprint density at radius 1 is 1.00 bits per heavy atom. The number of aliphatic hydroxyl groups is 2. The Morgan fingerprint density at radius 2 is 1.72 bits per heavy atom. The third-order valence-electron chi connectivity index (χ3n) is 5.83. The minimum Gasteiger partial charge on any atom is -0.489 e. The van der Waals surface area contributed by atoms with Gasteiger partial charge in [0, 0.05) is 11.0 Å². The van der Waals surface area contributed by atoms with Gasteiger partial charge in [0.1, 0.15) is 47.9 Å². The Labute approximate surface area is 214 Å². The Kier molecular flexibility index (Phi) is 8.80. The summed E-state index contributed by atoms with van der Waals surface area (Å²) in [6.07, 6.45) is 2.19. The first-order valence-electron chi connectivity index (χ1n) is 11.9. The van der Waals surface area contributed by atoms with Crippen molar-refractivity contribution >= 4 is 22.5 Å². The summed E-state index contributed by atoms with van der Waals surface area (Å²) in [7, 11) is 0. The molecule has 0 saturated heterocycles. The molecule has 1 aromatic heterocycles. The van der Waals surface area contributed by atoms with E-state index in [9.17, 15) is 14.6 Å². The van der Waals surface area contributed by atoms with Crippen molar-refractivity contribution in [3.05, 3.63) is 88.5 Å². The molecule has 3 aromatic rings. The molecule has 190 valence electrons. The fraction of sp³-hybridized carbons (Fsp3) is 0.321. The summed E-state index contributed by atoms with van der Waals surface area (Å²) in [5.74, 6) is 1.36. The molecule has 0 fully saturated rings. The summed E-state index contributed by atoms with van der Waals surface area (Å²) in [6.45, 7) is 2.41. The van der Waals surface area contributed by atoms with Crippen molar-refractivity contribution in [2.75, 3.05) is 6.61 Å². The van der Waals surface area contributed by atoms with Gasteiger partial charge in [0.25, 0.3) is 0 Å². The molecule has 0 bridgehead atoms. The second-order valence-electron chi connectivity index (χ2n) is 8.54. The van der Waals surface area contributed by atoms with E-state index >= 15 is 0 Å². The molecular weight excluding hydrogens is 485 g/mol. The van der Waals surface area contributed by atoms with Crippen molar-refractivity contribution in [2.45, 2.75) is 51.6 Å². The van der Waals surface area contributed by atoms with Crippen LogP contribution < -0.4 is 9.47 Å². The molecule has 4 rings (SSSR count). The van der Waals surface area contributed by atoms with Gasteiger partial charge in [0.15, 0.2) is 6.29 Å². The Morgan fingerprint density at radius 3 is 2.42 bits per heavy atom. The van der Waals surface area contributed by atoms with Gasteiger partial charge in [-0.05, 0) is 55.7 Å². The van der Waals surface area contributed by atoms with Crippen LogP contribution in [0.3, 0.4) is 0 Å². The molecule has 36 heavy (non-hydrogen) atoms. The van der Waals surface area contributed by atoms with Crippen molar-refractivity contribution in [1.29, 1.82) is 0 Å². The van der Waals surface area contributed by atoms with Crippen LogP contribution in [0.4, 0.5) is 4.39 Å². The van der Waals surface area contributed by atoms with E-state index in [4.69, 9.17) is 25.8 Å². The van der Waals surface area contributed by atoms with Crippen molar-refractivity contribution < 1.29 is 28.8 Å².